The van der Waals surface area contributed by atoms with Crippen LogP contribution in [0.25, 0.3) is 11.0 Å². The van der Waals surface area contributed by atoms with Gasteiger partial charge < -0.3 is 20.5 Å². The van der Waals surface area contributed by atoms with Gasteiger partial charge in [-0.25, -0.2) is 19.7 Å². The van der Waals surface area contributed by atoms with Crippen LogP contribution < -0.4 is 20.4 Å². The zero-order chi connectivity index (χ0) is 24.0. The number of pyridine rings is 1. The number of carbonyl (C=O) groups excluding carboxylic acids is 2. The van der Waals surface area contributed by atoms with Crippen LogP contribution in [0.1, 0.15) is 29.7 Å². The normalized spacial score (nSPS) is 18.1. The van der Waals surface area contributed by atoms with E-state index in [0.29, 0.717) is 36.7 Å². The number of alkyl halides is 3. The van der Waals surface area contributed by atoms with Crippen molar-refractivity contribution in [2.45, 2.75) is 38.1 Å². The molecule has 0 aliphatic carbocycles. The molecule has 1 fully saturated rings. The van der Waals surface area contributed by atoms with Gasteiger partial charge >= 0.3 is 12.2 Å². The minimum atomic E-state index is -4.58. The van der Waals surface area contributed by atoms with Crippen LogP contribution in [0.4, 0.5) is 29.5 Å². The lowest BCUT2D eigenvalue weighted by Crippen LogP contribution is -2.51. The van der Waals surface area contributed by atoms with E-state index in [1.54, 1.807) is 18.5 Å². The van der Waals surface area contributed by atoms with Crippen LogP contribution in [-0.2, 0) is 6.54 Å². The fraction of sp³-hybridized carbons (Fsp3) is 0.381. The summed E-state index contributed by atoms with van der Waals surface area (Å²) in [7, 11) is 0. The summed E-state index contributed by atoms with van der Waals surface area (Å²) in [5, 5.41) is 5.54. The van der Waals surface area contributed by atoms with Crippen molar-refractivity contribution in [1.82, 2.24) is 30.6 Å². The number of rotatable bonds is 4. The van der Waals surface area contributed by atoms with E-state index in [1.165, 1.54) is 11.0 Å². The maximum Gasteiger partial charge on any atom is 0.408 e. The lowest BCUT2D eigenvalue weighted by Gasteiger charge is -2.35. The van der Waals surface area contributed by atoms with Crippen molar-refractivity contribution in [2.75, 3.05) is 22.9 Å². The Morgan fingerprint density at radius 1 is 1.26 bits per heavy atom. The summed E-state index contributed by atoms with van der Waals surface area (Å²) in [6.45, 7) is 2.23. The number of aromatic amines is 1. The van der Waals surface area contributed by atoms with E-state index in [1.807, 2.05) is 16.3 Å². The third-order valence-electron chi connectivity index (χ3n) is 5.99. The first kappa shape index (κ1) is 21.9. The van der Waals surface area contributed by atoms with Crippen molar-refractivity contribution in [3.8, 4) is 0 Å². The Labute approximate surface area is 191 Å². The first-order valence-corrected chi connectivity index (χ1v) is 10.7. The second-order valence-corrected chi connectivity index (χ2v) is 8.26. The number of amides is 3. The van der Waals surface area contributed by atoms with Gasteiger partial charge in [-0.15, -0.1) is 0 Å². The molecule has 34 heavy (non-hydrogen) atoms. The largest absolute Gasteiger partial charge is 0.408 e. The summed E-state index contributed by atoms with van der Waals surface area (Å²) in [6.07, 6.45) is -0.486. The molecular weight excluding hydrogens is 453 g/mol. The number of H-pyrrole nitrogens is 1. The van der Waals surface area contributed by atoms with Crippen LogP contribution in [0, 0.1) is 0 Å². The van der Waals surface area contributed by atoms with Crippen molar-refractivity contribution in [3.05, 3.63) is 42.1 Å². The van der Waals surface area contributed by atoms with Crippen LogP contribution in [-0.4, -0.2) is 63.2 Å². The van der Waals surface area contributed by atoms with Gasteiger partial charge in [0, 0.05) is 30.9 Å². The molecule has 0 aromatic carbocycles. The van der Waals surface area contributed by atoms with Crippen molar-refractivity contribution < 1.29 is 22.8 Å². The Hall–Kier alpha value is -3.90. The van der Waals surface area contributed by atoms with Gasteiger partial charge in [0.05, 0.1) is 18.3 Å². The first-order chi connectivity index (χ1) is 16.2. The van der Waals surface area contributed by atoms with E-state index >= 15 is 0 Å². The molecule has 0 radical (unpaired) electrons. The molecule has 3 aromatic heterocycles. The summed E-state index contributed by atoms with van der Waals surface area (Å²) < 4.78 is 38.6. The second-order valence-electron chi connectivity index (χ2n) is 8.26. The van der Waals surface area contributed by atoms with Crippen molar-refractivity contribution in [3.63, 3.8) is 0 Å². The van der Waals surface area contributed by atoms with Gasteiger partial charge in [-0.05, 0) is 31.5 Å². The molecule has 13 heteroatoms. The zero-order valence-corrected chi connectivity index (χ0v) is 18.1. The topological polar surface area (TPSA) is 119 Å². The average molecular weight is 474 g/mol. The number of hydrogen-bond donors (Lipinski definition) is 3. The van der Waals surface area contributed by atoms with Gasteiger partial charge in [-0.1, -0.05) is 0 Å². The first-order valence-electron chi connectivity index (χ1n) is 10.7. The van der Waals surface area contributed by atoms with Crippen molar-refractivity contribution >= 4 is 34.5 Å². The van der Waals surface area contributed by atoms with Crippen molar-refractivity contribution in [2.24, 2.45) is 0 Å². The highest BCUT2D eigenvalue weighted by atomic mass is 19.4. The number of halogens is 3. The third-order valence-corrected chi connectivity index (χ3v) is 5.99. The van der Waals surface area contributed by atoms with E-state index < -0.39 is 24.2 Å². The molecule has 0 unspecified atom stereocenters. The average Bonchev–Trinajstić information content (AvgIpc) is 3.44. The van der Waals surface area contributed by atoms with E-state index in [9.17, 15) is 22.8 Å². The fourth-order valence-electron chi connectivity index (χ4n) is 4.15. The molecule has 2 atom stereocenters. The molecule has 3 aromatic rings. The highest BCUT2D eigenvalue weighted by molar-refractivity contribution is 5.99. The Morgan fingerprint density at radius 2 is 2.09 bits per heavy atom. The van der Waals surface area contributed by atoms with E-state index in [0.717, 1.165) is 12.3 Å². The van der Waals surface area contributed by atoms with Gasteiger partial charge in [0.1, 0.15) is 23.2 Å². The maximum atomic E-state index is 13.2. The summed E-state index contributed by atoms with van der Waals surface area (Å²) in [5.41, 5.74) is 1.10. The summed E-state index contributed by atoms with van der Waals surface area (Å²) in [4.78, 5) is 45.0. The number of carbonyl (C=O) groups is 2. The molecule has 0 spiro atoms. The molecule has 2 aliphatic heterocycles. The molecule has 5 heterocycles. The molecular formula is C21H21F3N8O2. The molecule has 2 aliphatic rings. The molecule has 3 amide bonds. The molecule has 1 saturated heterocycles. The van der Waals surface area contributed by atoms with Gasteiger partial charge in [-0.3, -0.25) is 9.69 Å². The zero-order valence-electron chi connectivity index (χ0n) is 18.1. The van der Waals surface area contributed by atoms with Crippen LogP contribution in [0.15, 0.2) is 30.6 Å². The Kier molecular flexibility index (Phi) is 5.25. The number of nitrogens with zero attached hydrogens (tertiary/aromatic N) is 5. The van der Waals surface area contributed by atoms with Crippen LogP contribution in [0.5, 0.6) is 0 Å². The van der Waals surface area contributed by atoms with Crippen LogP contribution >= 0.6 is 0 Å². The lowest BCUT2D eigenvalue weighted by molar-refractivity contribution is -0.149. The monoisotopic (exact) mass is 474 g/mol. The molecule has 3 N–H and O–H groups in total. The van der Waals surface area contributed by atoms with Gasteiger partial charge in [0.15, 0.2) is 5.82 Å². The number of nitrogens with one attached hydrogen (secondary N) is 3. The number of fused-ring (bicyclic) bond motifs is 5. The van der Waals surface area contributed by atoms with Crippen molar-refractivity contribution in [1.29, 1.82) is 0 Å². The quantitative estimate of drug-likeness (QED) is 0.534. The number of urea groups is 1. The minimum absolute atomic E-state index is 0.0688. The molecule has 178 valence electrons. The standard InChI is InChI=1S/C21H21F3N8O2/c1-11(21(22,23)24)28-19(33)14-2-3-15-18(29-14)32(13-5-7-31(15)10-13)20(34)27-9-16-26-8-12-4-6-25-17(12)30-16/h2-4,6,8,11,13H,5,7,9-10H2,1H3,(H,27,34)(H,28,33)(H,25,26,30)/t11-,13+/m1/s1. The van der Waals surface area contributed by atoms with E-state index in [-0.39, 0.29) is 24.1 Å². The number of aromatic nitrogens is 4. The van der Waals surface area contributed by atoms with Gasteiger partial charge in [0.2, 0.25) is 0 Å². The third kappa shape index (κ3) is 3.97. The fourth-order valence-corrected chi connectivity index (χ4v) is 4.15. The number of anilines is 2. The Balaban J connectivity index is 1.37. The predicted octanol–water partition coefficient (Wildman–Crippen LogP) is 2.34. The summed E-state index contributed by atoms with van der Waals surface area (Å²) in [5.74, 6) is -0.316. The summed E-state index contributed by atoms with van der Waals surface area (Å²) in [6, 6.07) is 2.15. The lowest BCUT2D eigenvalue weighted by atomic mass is 10.1. The van der Waals surface area contributed by atoms with Crippen LogP contribution in [0.2, 0.25) is 0 Å². The molecule has 10 nitrogen and oxygen atoms in total. The van der Waals surface area contributed by atoms with E-state index in [2.05, 4.69) is 25.3 Å². The van der Waals surface area contributed by atoms with Gasteiger partial charge in [-0.2, -0.15) is 13.2 Å². The van der Waals surface area contributed by atoms with Gasteiger partial charge in [0.25, 0.3) is 5.91 Å². The predicted molar refractivity (Wildman–Crippen MR) is 116 cm³/mol. The minimum Gasteiger partial charge on any atom is -0.366 e. The number of hydrogen-bond acceptors (Lipinski definition) is 6. The highest BCUT2D eigenvalue weighted by Gasteiger charge is 2.41. The van der Waals surface area contributed by atoms with E-state index in [4.69, 9.17) is 0 Å². The SMILES string of the molecule is C[C@@H](NC(=O)c1ccc2c(n1)N(C(=O)NCc1ncc3cc[nH]c3n1)[C@H]1CCN2C1)C(F)(F)F. The Bertz CT molecular complexity index is 1260. The summed E-state index contributed by atoms with van der Waals surface area (Å²) >= 11 is 0. The van der Waals surface area contributed by atoms with Crippen LogP contribution in [0.3, 0.4) is 0 Å². The molecule has 2 bridgehead atoms. The molecule has 0 saturated carbocycles. The maximum absolute atomic E-state index is 13.2. The highest BCUT2D eigenvalue weighted by Crippen LogP contribution is 2.38. The second kappa shape index (κ2) is 8.15. The smallest absolute Gasteiger partial charge is 0.366 e. The Morgan fingerprint density at radius 3 is 2.88 bits per heavy atom. The molecule has 5 rings (SSSR count).